The third kappa shape index (κ3) is 18.3. The van der Waals surface area contributed by atoms with Crippen molar-refractivity contribution in [2.75, 3.05) is 6.54 Å². The smallest absolute Gasteiger partial charge is 0.0106 e. The molecule has 0 radical (unpaired) electrons. The van der Waals surface area contributed by atoms with Crippen molar-refractivity contribution in [3.8, 4) is 0 Å². The Bertz CT molecular complexity index is 145. The fourth-order valence-electron chi connectivity index (χ4n) is 0.704. The largest absolute Gasteiger partial charge is 0.331 e. The molecule has 76 valence electrons. The molecule has 0 saturated carbocycles. The summed E-state index contributed by atoms with van der Waals surface area (Å²) in [6.07, 6.45) is 11.6. The van der Waals surface area contributed by atoms with Gasteiger partial charge in [0.1, 0.15) is 0 Å². The highest BCUT2D eigenvalue weighted by Gasteiger charge is 1.93. The highest BCUT2D eigenvalue weighted by molar-refractivity contribution is 5.09. The molecule has 0 aromatic rings. The third-order valence-electron chi connectivity index (χ3n) is 1.19. The number of nitrogens with two attached hydrogens (primary N) is 1. The van der Waals surface area contributed by atoms with Crippen LogP contribution in [0.15, 0.2) is 37.0 Å². The van der Waals surface area contributed by atoms with Gasteiger partial charge in [0.05, 0.1) is 0 Å². The summed E-state index contributed by atoms with van der Waals surface area (Å²) in [6, 6.07) is 0. The van der Waals surface area contributed by atoms with Crippen molar-refractivity contribution < 1.29 is 0 Å². The zero-order chi connectivity index (χ0) is 10.5. The van der Waals surface area contributed by atoms with E-state index in [1.165, 1.54) is 6.42 Å². The molecule has 0 aromatic carbocycles. The van der Waals surface area contributed by atoms with Gasteiger partial charge < -0.3 is 5.73 Å². The van der Waals surface area contributed by atoms with Crippen LogP contribution in [0.2, 0.25) is 0 Å². The number of hydrogen-bond donors (Lipinski definition) is 1. The van der Waals surface area contributed by atoms with E-state index >= 15 is 0 Å². The maximum atomic E-state index is 4.85. The van der Waals surface area contributed by atoms with E-state index in [0.29, 0.717) is 0 Å². The summed E-state index contributed by atoms with van der Waals surface area (Å²) in [6.45, 7) is 10.1. The molecule has 0 saturated heterocycles. The Balaban J connectivity index is 0. The molecule has 0 amide bonds. The molecule has 1 aliphatic carbocycles. The van der Waals surface area contributed by atoms with Gasteiger partial charge in [0, 0.05) is 0 Å². The first-order valence-corrected chi connectivity index (χ1v) is 4.83. The van der Waals surface area contributed by atoms with Crippen LogP contribution in [0.4, 0.5) is 0 Å². The minimum atomic E-state index is 0.750. The monoisotopic (exact) mass is 181 g/mol. The molecule has 0 heterocycles. The molecular formula is C12H23N. The lowest BCUT2D eigenvalue weighted by Crippen LogP contribution is -1.87. The molecule has 0 spiro atoms. The first-order valence-electron chi connectivity index (χ1n) is 4.83. The van der Waals surface area contributed by atoms with Crippen molar-refractivity contribution in [2.24, 2.45) is 11.7 Å². The van der Waals surface area contributed by atoms with E-state index in [4.69, 9.17) is 5.73 Å². The summed E-state index contributed by atoms with van der Waals surface area (Å²) in [5.41, 5.74) is 4.85. The van der Waals surface area contributed by atoms with Crippen LogP contribution < -0.4 is 5.73 Å². The lowest BCUT2D eigenvalue weighted by molar-refractivity contribution is 0.737. The minimum Gasteiger partial charge on any atom is -0.331 e. The molecule has 0 fully saturated rings. The summed E-state index contributed by atoms with van der Waals surface area (Å²) in [5, 5.41) is 0. The lowest BCUT2D eigenvalue weighted by Gasteiger charge is -2.02. The van der Waals surface area contributed by atoms with Crippen molar-refractivity contribution in [2.45, 2.75) is 27.2 Å². The van der Waals surface area contributed by atoms with Crippen LogP contribution in [0.1, 0.15) is 27.2 Å². The zero-order valence-electron chi connectivity index (χ0n) is 9.16. The summed E-state index contributed by atoms with van der Waals surface area (Å²) >= 11 is 0. The number of hydrogen-bond acceptors (Lipinski definition) is 1. The van der Waals surface area contributed by atoms with E-state index in [1.54, 1.807) is 6.08 Å². The molecule has 1 aliphatic rings. The SMILES string of the molecule is C=CC.CC1C=CC=CC1.CCN. The second-order valence-electron chi connectivity index (χ2n) is 2.84. The van der Waals surface area contributed by atoms with E-state index in [-0.39, 0.29) is 0 Å². The van der Waals surface area contributed by atoms with Crippen LogP contribution in [-0.4, -0.2) is 6.54 Å². The minimum absolute atomic E-state index is 0.750. The molecule has 0 aliphatic heterocycles. The normalized spacial score (nSPS) is 17.7. The van der Waals surface area contributed by atoms with Gasteiger partial charge in [-0.15, -0.1) is 6.58 Å². The third-order valence-corrected chi connectivity index (χ3v) is 1.19. The molecular weight excluding hydrogens is 158 g/mol. The number of allylic oxidation sites excluding steroid dienone is 5. The predicted octanol–water partition coefficient (Wildman–Crippen LogP) is 3.30. The van der Waals surface area contributed by atoms with E-state index in [0.717, 1.165) is 12.5 Å². The van der Waals surface area contributed by atoms with Crippen molar-refractivity contribution in [1.29, 1.82) is 0 Å². The first-order chi connectivity index (χ1) is 6.22. The van der Waals surface area contributed by atoms with E-state index in [2.05, 4.69) is 37.8 Å². The predicted molar refractivity (Wildman–Crippen MR) is 62.7 cm³/mol. The zero-order valence-corrected chi connectivity index (χ0v) is 9.16. The van der Waals surface area contributed by atoms with Crippen LogP contribution in [-0.2, 0) is 0 Å². The molecule has 1 heteroatoms. The van der Waals surface area contributed by atoms with Crippen LogP contribution in [0.3, 0.4) is 0 Å². The average Bonchev–Trinajstić information content (AvgIpc) is 2.08. The molecule has 2 N–H and O–H groups in total. The summed E-state index contributed by atoms with van der Waals surface area (Å²) in [4.78, 5) is 0. The van der Waals surface area contributed by atoms with Crippen LogP contribution in [0, 0.1) is 5.92 Å². The van der Waals surface area contributed by atoms with Crippen molar-refractivity contribution in [3.63, 3.8) is 0 Å². The molecule has 1 unspecified atom stereocenters. The first kappa shape index (κ1) is 14.7. The standard InChI is InChI=1S/C7H10.C3H6.C2H7N/c1-7-5-3-2-4-6-7;1-3-2;1-2-3/h2-5,7H,6H2,1H3;3H,1H2,2H3;2-3H2,1H3. The Labute approximate surface area is 83.0 Å². The average molecular weight is 181 g/mol. The second kappa shape index (κ2) is 13.7. The van der Waals surface area contributed by atoms with Crippen molar-refractivity contribution in [3.05, 3.63) is 37.0 Å². The van der Waals surface area contributed by atoms with Crippen LogP contribution in [0.25, 0.3) is 0 Å². The van der Waals surface area contributed by atoms with Gasteiger partial charge in [0.2, 0.25) is 0 Å². The lowest BCUT2D eigenvalue weighted by atomic mass is 10.0. The topological polar surface area (TPSA) is 26.0 Å². The fourth-order valence-corrected chi connectivity index (χ4v) is 0.704. The molecule has 1 rings (SSSR count). The maximum absolute atomic E-state index is 4.85. The van der Waals surface area contributed by atoms with Gasteiger partial charge >= 0.3 is 0 Å². The summed E-state index contributed by atoms with van der Waals surface area (Å²) in [7, 11) is 0. The fraction of sp³-hybridized carbons (Fsp3) is 0.500. The second-order valence-corrected chi connectivity index (χ2v) is 2.84. The Morgan fingerprint density at radius 2 is 2.00 bits per heavy atom. The molecule has 1 nitrogen and oxygen atoms in total. The highest BCUT2D eigenvalue weighted by atomic mass is 14.5. The van der Waals surface area contributed by atoms with Gasteiger partial charge in [-0.3, -0.25) is 0 Å². The highest BCUT2D eigenvalue weighted by Crippen LogP contribution is 2.08. The van der Waals surface area contributed by atoms with E-state index in [9.17, 15) is 0 Å². The van der Waals surface area contributed by atoms with Crippen molar-refractivity contribution >= 4 is 0 Å². The van der Waals surface area contributed by atoms with Crippen molar-refractivity contribution in [1.82, 2.24) is 0 Å². The quantitative estimate of drug-likeness (QED) is 0.570. The van der Waals surface area contributed by atoms with Crippen LogP contribution >= 0.6 is 0 Å². The summed E-state index contributed by atoms with van der Waals surface area (Å²) in [5.74, 6) is 0.769. The van der Waals surface area contributed by atoms with Gasteiger partial charge in [0.15, 0.2) is 0 Å². The van der Waals surface area contributed by atoms with Gasteiger partial charge in [0.25, 0.3) is 0 Å². The Hall–Kier alpha value is -0.820. The summed E-state index contributed by atoms with van der Waals surface area (Å²) < 4.78 is 0. The Kier molecular flexibility index (Phi) is 15.5. The molecule has 1 atom stereocenters. The Morgan fingerprint density at radius 3 is 2.15 bits per heavy atom. The van der Waals surface area contributed by atoms with Gasteiger partial charge in [-0.05, 0) is 25.8 Å². The molecule has 0 aromatic heterocycles. The van der Waals surface area contributed by atoms with E-state index < -0.39 is 0 Å². The Morgan fingerprint density at radius 1 is 1.54 bits per heavy atom. The van der Waals surface area contributed by atoms with Crippen LogP contribution in [0.5, 0.6) is 0 Å². The molecule has 0 bridgehead atoms. The van der Waals surface area contributed by atoms with E-state index in [1.807, 2.05) is 13.8 Å². The van der Waals surface area contributed by atoms with Gasteiger partial charge in [-0.1, -0.05) is 44.2 Å². The van der Waals surface area contributed by atoms with Gasteiger partial charge in [-0.2, -0.15) is 0 Å². The number of rotatable bonds is 0. The molecule has 13 heavy (non-hydrogen) atoms. The maximum Gasteiger partial charge on any atom is -0.0106 e. The van der Waals surface area contributed by atoms with Gasteiger partial charge in [-0.25, -0.2) is 0 Å².